The van der Waals surface area contributed by atoms with Crippen LogP contribution in [-0.2, 0) is 4.79 Å². The molecule has 0 aliphatic carbocycles. The van der Waals surface area contributed by atoms with Gasteiger partial charge in [0.1, 0.15) is 0 Å². The first-order valence-corrected chi connectivity index (χ1v) is 6.10. The quantitative estimate of drug-likeness (QED) is 0.729. The fraction of sp³-hybridized carbons (Fsp3) is 0.889. The Morgan fingerprint density at radius 3 is 2.62 bits per heavy atom. The number of carbonyl (C=O) groups excluding carboxylic acids is 1. The van der Waals surface area contributed by atoms with Gasteiger partial charge in [-0.25, -0.2) is 0 Å². The molecular formula is C9H16F3NO2S. The summed E-state index contributed by atoms with van der Waals surface area (Å²) in [5.41, 5.74) is 0. The maximum Gasteiger partial charge on any atom is 0.397 e. The first-order valence-electron chi connectivity index (χ1n) is 4.94. The molecule has 96 valence electrons. The van der Waals surface area contributed by atoms with Crippen molar-refractivity contribution in [3.8, 4) is 0 Å². The van der Waals surface area contributed by atoms with Crippen molar-refractivity contribution in [1.82, 2.24) is 5.32 Å². The number of hydrogen-bond acceptors (Lipinski definition) is 3. The molecule has 16 heavy (non-hydrogen) atoms. The second-order valence-corrected chi connectivity index (χ2v) is 4.34. The first-order chi connectivity index (χ1) is 7.35. The third kappa shape index (κ3) is 10.1. The van der Waals surface area contributed by atoms with E-state index in [-0.39, 0.29) is 12.3 Å². The molecule has 0 heterocycles. The van der Waals surface area contributed by atoms with Crippen molar-refractivity contribution in [2.75, 3.05) is 18.1 Å². The Bertz CT molecular complexity index is 211. The maximum absolute atomic E-state index is 11.7. The second-order valence-electron chi connectivity index (χ2n) is 3.35. The summed E-state index contributed by atoms with van der Waals surface area (Å²) in [4.78, 5) is 11.0. The highest BCUT2D eigenvalue weighted by atomic mass is 32.2. The number of thioether (sulfide) groups is 1. The van der Waals surface area contributed by atoms with Crippen molar-refractivity contribution in [3.05, 3.63) is 0 Å². The van der Waals surface area contributed by atoms with Crippen LogP contribution in [0.1, 0.15) is 19.8 Å². The van der Waals surface area contributed by atoms with Gasteiger partial charge in [0.15, 0.2) is 0 Å². The zero-order valence-corrected chi connectivity index (χ0v) is 9.83. The summed E-state index contributed by atoms with van der Waals surface area (Å²) in [6.45, 7) is 1.99. The lowest BCUT2D eigenvalue weighted by molar-refractivity contribution is -0.119. The molecule has 0 bridgehead atoms. The fourth-order valence-corrected chi connectivity index (χ4v) is 1.60. The van der Waals surface area contributed by atoms with E-state index < -0.39 is 23.9 Å². The molecule has 0 aliphatic heterocycles. The molecule has 1 unspecified atom stereocenters. The molecule has 0 fully saturated rings. The molecule has 1 atom stereocenters. The number of halogens is 3. The molecule has 0 saturated carbocycles. The van der Waals surface area contributed by atoms with Gasteiger partial charge < -0.3 is 10.4 Å². The predicted molar refractivity (Wildman–Crippen MR) is 57.3 cm³/mol. The van der Waals surface area contributed by atoms with Gasteiger partial charge in [-0.2, -0.15) is 13.2 Å². The highest BCUT2D eigenvalue weighted by Gasteiger charge is 2.27. The van der Waals surface area contributed by atoms with Gasteiger partial charge in [-0.05, 0) is 6.42 Å². The van der Waals surface area contributed by atoms with Gasteiger partial charge in [0, 0.05) is 6.54 Å². The third-order valence-corrected chi connectivity index (χ3v) is 2.65. The molecule has 0 aromatic rings. The van der Waals surface area contributed by atoms with Gasteiger partial charge in [-0.1, -0.05) is 13.3 Å². The van der Waals surface area contributed by atoms with Crippen LogP contribution < -0.4 is 5.32 Å². The van der Waals surface area contributed by atoms with Crippen LogP contribution in [0.15, 0.2) is 0 Å². The van der Waals surface area contributed by atoms with E-state index >= 15 is 0 Å². The summed E-state index contributed by atoms with van der Waals surface area (Å²) < 4.78 is 35.2. The lowest BCUT2D eigenvalue weighted by Crippen LogP contribution is -2.33. The van der Waals surface area contributed by atoms with E-state index in [0.29, 0.717) is 18.2 Å². The summed E-state index contributed by atoms with van der Waals surface area (Å²) >= 11 is 0.515. The lowest BCUT2D eigenvalue weighted by atomic mass is 10.2. The average Bonchev–Trinajstić information content (AvgIpc) is 2.13. The van der Waals surface area contributed by atoms with E-state index in [1.165, 1.54) is 0 Å². The molecule has 0 aliphatic rings. The predicted octanol–water partition coefficient (Wildman–Crippen LogP) is 1.56. The Morgan fingerprint density at radius 1 is 1.50 bits per heavy atom. The SMILES string of the molecule is CCCC(O)CNC(=O)CSCC(F)(F)F. The van der Waals surface area contributed by atoms with E-state index in [9.17, 15) is 23.1 Å². The normalized spacial score (nSPS) is 13.6. The Kier molecular flexibility index (Phi) is 7.57. The Labute approximate surface area is 96.8 Å². The second kappa shape index (κ2) is 7.78. The number of aliphatic hydroxyl groups is 1. The van der Waals surface area contributed by atoms with E-state index in [0.717, 1.165) is 6.42 Å². The number of hydrogen-bond donors (Lipinski definition) is 2. The number of rotatable bonds is 7. The summed E-state index contributed by atoms with van der Waals surface area (Å²) in [6.07, 6.45) is -3.51. The van der Waals surface area contributed by atoms with Gasteiger partial charge in [0.25, 0.3) is 0 Å². The van der Waals surface area contributed by atoms with Gasteiger partial charge in [-0.3, -0.25) is 4.79 Å². The fourth-order valence-electron chi connectivity index (χ4n) is 0.977. The smallest absolute Gasteiger partial charge is 0.391 e. The Balaban J connectivity index is 3.52. The number of amides is 1. The van der Waals surface area contributed by atoms with Crippen molar-refractivity contribution < 1.29 is 23.1 Å². The number of alkyl halides is 3. The zero-order valence-electron chi connectivity index (χ0n) is 9.01. The summed E-state index contributed by atoms with van der Waals surface area (Å²) in [5.74, 6) is -1.75. The van der Waals surface area contributed by atoms with Crippen LogP contribution in [0, 0.1) is 0 Å². The number of nitrogens with one attached hydrogen (secondary N) is 1. The molecule has 0 rings (SSSR count). The highest BCUT2D eigenvalue weighted by molar-refractivity contribution is 8.00. The van der Waals surface area contributed by atoms with Crippen LogP contribution in [0.4, 0.5) is 13.2 Å². The molecule has 0 saturated heterocycles. The van der Waals surface area contributed by atoms with Gasteiger partial charge in [-0.15, -0.1) is 11.8 Å². The average molecular weight is 259 g/mol. The van der Waals surface area contributed by atoms with Crippen LogP contribution in [0.5, 0.6) is 0 Å². The van der Waals surface area contributed by atoms with Crippen LogP contribution in [0.25, 0.3) is 0 Å². The minimum atomic E-state index is -4.24. The monoisotopic (exact) mass is 259 g/mol. The van der Waals surface area contributed by atoms with Crippen molar-refractivity contribution in [2.45, 2.75) is 32.0 Å². The first kappa shape index (κ1) is 15.6. The molecule has 0 aromatic heterocycles. The zero-order chi connectivity index (χ0) is 12.6. The molecule has 3 nitrogen and oxygen atoms in total. The standard InChI is InChI=1S/C9H16F3NO2S/c1-2-3-7(14)4-13-8(15)5-16-6-9(10,11)12/h7,14H,2-6H2,1H3,(H,13,15). The van der Waals surface area contributed by atoms with E-state index in [4.69, 9.17) is 0 Å². The Morgan fingerprint density at radius 2 is 2.12 bits per heavy atom. The van der Waals surface area contributed by atoms with E-state index in [1.54, 1.807) is 0 Å². The largest absolute Gasteiger partial charge is 0.397 e. The van der Waals surface area contributed by atoms with Gasteiger partial charge >= 0.3 is 6.18 Å². The molecule has 0 radical (unpaired) electrons. The van der Waals surface area contributed by atoms with Gasteiger partial charge in [0.2, 0.25) is 5.91 Å². The molecule has 7 heteroatoms. The van der Waals surface area contributed by atoms with Crippen molar-refractivity contribution in [2.24, 2.45) is 0 Å². The minimum Gasteiger partial charge on any atom is -0.391 e. The Hall–Kier alpha value is -0.430. The van der Waals surface area contributed by atoms with Crippen molar-refractivity contribution in [1.29, 1.82) is 0 Å². The summed E-state index contributed by atoms with van der Waals surface area (Å²) in [5, 5.41) is 11.6. The van der Waals surface area contributed by atoms with Crippen LogP contribution in [0.2, 0.25) is 0 Å². The highest BCUT2D eigenvalue weighted by Crippen LogP contribution is 2.20. The minimum absolute atomic E-state index is 0.0965. The van der Waals surface area contributed by atoms with Crippen LogP contribution in [0.3, 0.4) is 0 Å². The topological polar surface area (TPSA) is 49.3 Å². The van der Waals surface area contributed by atoms with E-state index in [1.807, 2.05) is 6.92 Å². The molecule has 0 spiro atoms. The van der Waals surface area contributed by atoms with Crippen molar-refractivity contribution in [3.63, 3.8) is 0 Å². The third-order valence-electron chi connectivity index (χ3n) is 1.66. The van der Waals surface area contributed by atoms with Crippen LogP contribution in [-0.4, -0.2) is 41.3 Å². The van der Waals surface area contributed by atoms with Crippen molar-refractivity contribution >= 4 is 17.7 Å². The summed E-state index contributed by atoms with van der Waals surface area (Å²) in [6, 6.07) is 0. The maximum atomic E-state index is 11.7. The summed E-state index contributed by atoms with van der Waals surface area (Å²) in [7, 11) is 0. The van der Waals surface area contributed by atoms with Crippen LogP contribution >= 0.6 is 11.8 Å². The van der Waals surface area contributed by atoms with E-state index in [2.05, 4.69) is 5.32 Å². The number of carbonyl (C=O) groups is 1. The molecule has 2 N–H and O–H groups in total. The molecular weight excluding hydrogens is 243 g/mol. The molecule has 0 aromatic carbocycles. The van der Waals surface area contributed by atoms with Gasteiger partial charge in [0.05, 0.1) is 17.6 Å². The number of aliphatic hydroxyl groups excluding tert-OH is 1. The molecule has 1 amide bonds. The lowest BCUT2D eigenvalue weighted by Gasteiger charge is -2.10.